The lowest BCUT2D eigenvalue weighted by atomic mass is 9.96. The van der Waals surface area contributed by atoms with E-state index in [1.807, 2.05) is 6.07 Å². The molecule has 0 heterocycles. The molecule has 0 spiro atoms. The molecular formula is C19H24N2O9. The molecule has 0 fully saturated rings. The Morgan fingerprint density at radius 1 is 0.900 bits per heavy atom. The first kappa shape index (κ1) is 24.4. The van der Waals surface area contributed by atoms with E-state index in [9.17, 15) is 24.0 Å². The molecule has 0 aromatic heterocycles. The summed E-state index contributed by atoms with van der Waals surface area (Å²) in [6, 6.07) is 7.36. The molecule has 0 unspecified atom stereocenters. The molecule has 11 nitrogen and oxygen atoms in total. The summed E-state index contributed by atoms with van der Waals surface area (Å²) in [6.45, 7) is -0.546. The first-order valence-electron chi connectivity index (χ1n) is 8.78. The van der Waals surface area contributed by atoms with Crippen molar-refractivity contribution in [2.24, 2.45) is 5.92 Å². The minimum Gasteiger partial charge on any atom is -0.469 e. The highest BCUT2D eigenvalue weighted by atomic mass is 16.6. The Labute approximate surface area is 173 Å². The molecule has 0 aliphatic heterocycles. The van der Waals surface area contributed by atoms with Crippen molar-refractivity contribution in [1.29, 1.82) is 0 Å². The van der Waals surface area contributed by atoms with E-state index in [1.54, 1.807) is 24.3 Å². The standard InChI is InChI=1S/C19H24N2O9/c1-27-15(23)9-13(17(24)28-2)16(18(25)29-3)21-14(22)10-20-19(26)30-11-12-7-5-4-6-8-12/h4-8,13,16H,9-11H2,1-3H3,(H,20,26)(H,21,22)/t13-,16-/m1/s1. The van der Waals surface area contributed by atoms with Gasteiger partial charge in [-0.25, -0.2) is 9.59 Å². The Balaban J connectivity index is 2.68. The summed E-state index contributed by atoms with van der Waals surface area (Å²) in [5.74, 6) is -4.90. The van der Waals surface area contributed by atoms with Gasteiger partial charge >= 0.3 is 24.0 Å². The fraction of sp³-hybridized carbons (Fsp3) is 0.421. The fourth-order valence-corrected chi connectivity index (χ4v) is 2.35. The maximum Gasteiger partial charge on any atom is 0.407 e. The van der Waals surface area contributed by atoms with Gasteiger partial charge in [-0.1, -0.05) is 30.3 Å². The van der Waals surface area contributed by atoms with E-state index in [2.05, 4.69) is 24.8 Å². The highest BCUT2D eigenvalue weighted by molar-refractivity contribution is 5.92. The number of carbonyl (C=O) groups is 5. The van der Waals surface area contributed by atoms with Gasteiger partial charge in [0.05, 0.1) is 33.7 Å². The molecule has 0 aliphatic carbocycles. The number of benzene rings is 1. The van der Waals surface area contributed by atoms with Gasteiger partial charge in [-0.15, -0.1) is 0 Å². The van der Waals surface area contributed by atoms with Crippen LogP contribution >= 0.6 is 0 Å². The number of hydrogen-bond acceptors (Lipinski definition) is 9. The molecular weight excluding hydrogens is 400 g/mol. The lowest BCUT2D eigenvalue weighted by Gasteiger charge is -2.23. The number of carbonyl (C=O) groups excluding carboxylic acids is 5. The number of ether oxygens (including phenoxy) is 4. The molecule has 1 aromatic rings. The first-order chi connectivity index (χ1) is 14.3. The van der Waals surface area contributed by atoms with Gasteiger partial charge in [0.2, 0.25) is 5.91 Å². The Bertz CT molecular complexity index is 752. The summed E-state index contributed by atoms with van der Waals surface area (Å²) in [5.41, 5.74) is 0.756. The predicted octanol–water partition coefficient (Wildman–Crippen LogP) is -0.0771. The molecule has 2 amide bonds. The van der Waals surface area contributed by atoms with Crippen LogP contribution in [0.15, 0.2) is 30.3 Å². The van der Waals surface area contributed by atoms with E-state index >= 15 is 0 Å². The minimum absolute atomic E-state index is 0.00260. The third-order valence-corrected chi connectivity index (χ3v) is 3.90. The summed E-state index contributed by atoms with van der Waals surface area (Å²) in [6.07, 6.45) is -1.39. The van der Waals surface area contributed by atoms with Crippen molar-refractivity contribution in [3.8, 4) is 0 Å². The zero-order valence-electron chi connectivity index (χ0n) is 16.8. The second-order valence-electron chi connectivity index (χ2n) is 5.89. The predicted molar refractivity (Wildman–Crippen MR) is 101 cm³/mol. The van der Waals surface area contributed by atoms with Gasteiger partial charge < -0.3 is 29.6 Å². The largest absolute Gasteiger partial charge is 0.469 e. The number of esters is 3. The SMILES string of the molecule is COC(=O)C[C@@H](C(=O)OC)[C@@H](NC(=O)CNC(=O)OCc1ccccc1)C(=O)OC. The topological polar surface area (TPSA) is 146 Å². The average molecular weight is 424 g/mol. The molecule has 1 aromatic carbocycles. The van der Waals surface area contributed by atoms with E-state index < -0.39 is 54.8 Å². The van der Waals surface area contributed by atoms with Gasteiger partial charge in [-0.2, -0.15) is 0 Å². The lowest BCUT2D eigenvalue weighted by Crippen LogP contribution is -2.52. The Kier molecular flexibility index (Phi) is 10.4. The van der Waals surface area contributed by atoms with Crippen LogP contribution in [0.25, 0.3) is 0 Å². The Morgan fingerprint density at radius 3 is 2.10 bits per heavy atom. The van der Waals surface area contributed by atoms with Crippen molar-refractivity contribution in [2.45, 2.75) is 19.1 Å². The van der Waals surface area contributed by atoms with Crippen molar-refractivity contribution in [3.63, 3.8) is 0 Å². The zero-order valence-corrected chi connectivity index (χ0v) is 16.8. The average Bonchev–Trinajstić information content (AvgIpc) is 2.77. The van der Waals surface area contributed by atoms with E-state index in [0.717, 1.165) is 26.9 Å². The first-order valence-corrected chi connectivity index (χ1v) is 8.78. The van der Waals surface area contributed by atoms with Crippen molar-refractivity contribution in [1.82, 2.24) is 10.6 Å². The highest BCUT2D eigenvalue weighted by Gasteiger charge is 2.38. The van der Waals surface area contributed by atoms with Crippen LogP contribution in [-0.2, 0) is 44.7 Å². The summed E-state index contributed by atoms with van der Waals surface area (Å²) < 4.78 is 18.6. The summed E-state index contributed by atoms with van der Waals surface area (Å²) in [4.78, 5) is 59.6. The minimum atomic E-state index is -1.53. The number of amides is 2. The van der Waals surface area contributed by atoms with Crippen molar-refractivity contribution >= 4 is 29.9 Å². The van der Waals surface area contributed by atoms with E-state index in [4.69, 9.17) is 4.74 Å². The molecule has 2 atom stereocenters. The molecule has 0 saturated carbocycles. The van der Waals surface area contributed by atoms with E-state index in [0.29, 0.717) is 0 Å². The molecule has 30 heavy (non-hydrogen) atoms. The molecule has 0 saturated heterocycles. The molecule has 164 valence electrons. The Morgan fingerprint density at radius 2 is 1.53 bits per heavy atom. The third kappa shape index (κ3) is 8.17. The Hall–Kier alpha value is -3.63. The quantitative estimate of drug-likeness (QED) is 0.389. The smallest absolute Gasteiger partial charge is 0.407 e. The van der Waals surface area contributed by atoms with Gasteiger partial charge in [0, 0.05) is 0 Å². The van der Waals surface area contributed by atoms with Crippen LogP contribution in [-0.4, -0.2) is 63.8 Å². The van der Waals surface area contributed by atoms with Crippen molar-refractivity contribution in [2.75, 3.05) is 27.9 Å². The zero-order chi connectivity index (χ0) is 22.5. The van der Waals surface area contributed by atoms with Gasteiger partial charge in [-0.3, -0.25) is 14.4 Å². The van der Waals surface area contributed by atoms with Crippen molar-refractivity contribution in [3.05, 3.63) is 35.9 Å². The summed E-state index contributed by atoms with van der Waals surface area (Å²) in [5, 5.41) is 4.47. The number of methoxy groups -OCH3 is 3. The molecule has 0 radical (unpaired) electrons. The van der Waals surface area contributed by atoms with Crippen LogP contribution in [0.5, 0.6) is 0 Å². The monoisotopic (exact) mass is 424 g/mol. The maximum absolute atomic E-state index is 12.2. The third-order valence-electron chi connectivity index (χ3n) is 3.90. The fourth-order valence-electron chi connectivity index (χ4n) is 2.35. The number of alkyl carbamates (subject to hydrolysis) is 1. The maximum atomic E-state index is 12.2. The second-order valence-corrected chi connectivity index (χ2v) is 5.89. The normalized spacial score (nSPS) is 12.0. The molecule has 1 rings (SSSR count). The highest BCUT2D eigenvalue weighted by Crippen LogP contribution is 2.14. The molecule has 0 aliphatic rings. The van der Waals surface area contributed by atoms with Crippen LogP contribution in [0.3, 0.4) is 0 Å². The van der Waals surface area contributed by atoms with Crippen LogP contribution in [0.4, 0.5) is 4.79 Å². The van der Waals surface area contributed by atoms with Gasteiger partial charge in [-0.05, 0) is 5.56 Å². The second kappa shape index (κ2) is 12.8. The summed E-state index contributed by atoms with van der Waals surface area (Å²) in [7, 11) is 3.22. The summed E-state index contributed by atoms with van der Waals surface area (Å²) >= 11 is 0. The molecule has 2 N–H and O–H groups in total. The number of hydrogen-bond donors (Lipinski definition) is 2. The number of nitrogens with one attached hydrogen (secondary N) is 2. The van der Waals surface area contributed by atoms with E-state index in [-0.39, 0.29) is 6.61 Å². The van der Waals surface area contributed by atoms with Gasteiger partial charge in [0.15, 0.2) is 0 Å². The van der Waals surface area contributed by atoms with E-state index in [1.165, 1.54) is 0 Å². The van der Waals surface area contributed by atoms with Crippen LogP contribution in [0, 0.1) is 5.92 Å². The molecule has 0 bridgehead atoms. The lowest BCUT2D eigenvalue weighted by molar-refractivity contribution is -0.159. The number of rotatable bonds is 10. The van der Waals surface area contributed by atoms with Gasteiger partial charge in [0.1, 0.15) is 19.2 Å². The van der Waals surface area contributed by atoms with Crippen molar-refractivity contribution < 1.29 is 42.9 Å². The van der Waals surface area contributed by atoms with Crippen LogP contribution in [0.1, 0.15) is 12.0 Å². The van der Waals surface area contributed by atoms with Crippen LogP contribution in [0.2, 0.25) is 0 Å². The van der Waals surface area contributed by atoms with Crippen LogP contribution < -0.4 is 10.6 Å². The molecule has 11 heteroatoms. The van der Waals surface area contributed by atoms with Gasteiger partial charge in [0.25, 0.3) is 0 Å².